The first-order valence-corrected chi connectivity index (χ1v) is 9.80. The van der Waals surface area contributed by atoms with Crippen molar-refractivity contribution in [1.29, 1.82) is 0 Å². The zero-order valence-corrected chi connectivity index (χ0v) is 18.1. The first kappa shape index (κ1) is 21.9. The molecule has 0 unspecified atom stereocenters. The summed E-state index contributed by atoms with van der Waals surface area (Å²) in [5.74, 6) is -0.738. The molecule has 31 heavy (non-hydrogen) atoms. The lowest BCUT2D eigenvalue weighted by atomic mass is 10.1. The van der Waals surface area contributed by atoms with Gasteiger partial charge in [-0.2, -0.15) is 5.10 Å². The van der Waals surface area contributed by atoms with Gasteiger partial charge in [0.15, 0.2) is 10.4 Å². The molecule has 2 amide bonds. The molecule has 0 saturated heterocycles. The average molecular weight is 485 g/mol. The van der Waals surface area contributed by atoms with Crippen molar-refractivity contribution >= 4 is 44.8 Å². The van der Waals surface area contributed by atoms with Gasteiger partial charge in [0.2, 0.25) is 0 Å². The lowest BCUT2D eigenvalue weighted by Gasteiger charge is -2.07. The van der Waals surface area contributed by atoms with Crippen LogP contribution < -0.4 is 10.7 Å². The Labute approximate surface area is 185 Å². The summed E-state index contributed by atoms with van der Waals surface area (Å²) >= 11 is 3.15. The van der Waals surface area contributed by atoms with E-state index in [-0.39, 0.29) is 17.0 Å². The van der Waals surface area contributed by atoms with E-state index in [1.54, 1.807) is 50.2 Å². The third kappa shape index (κ3) is 5.43. The number of nitrogens with one attached hydrogen (secondary N) is 2. The molecule has 1 heterocycles. The number of carbonyl (C=O) groups excluding carboxylic acids is 2. The molecule has 0 radical (unpaired) electrons. The zero-order valence-electron chi connectivity index (χ0n) is 16.5. The maximum absolute atomic E-state index is 12.3. The van der Waals surface area contributed by atoms with Crippen LogP contribution >= 0.6 is 15.9 Å². The van der Waals surface area contributed by atoms with Gasteiger partial charge >= 0.3 is 0 Å². The number of amides is 2. The number of anilines is 1. The Kier molecular flexibility index (Phi) is 6.61. The van der Waals surface area contributed by atoms with Crippen LogP contribution in [-0.2, 0) is 0 Å². The molecular formula is C21H17BrN4O5. The summed E-state index contributed by atoms with van der Waals surface area (Å²) < 4.78 is 5.68. The molecule has 0 saturated carbocycles. The minimum atomic E-state index is -0.504. The number of hydrazone groups is 1. The van der Waals surface area contributed by atoms with Gasteiger partial charge in [-0.1, -0.05) is 12.1 Å². The normalized spacial score (nSPS) is 11.1. The number of nitro benzene ring substituents is 1. The summed E-state index contributed by atoms with van der Waals surface area (Å²) in [6.45, 7) is 3.26. The Morgan fingerprint density at radius 1 is 1.06 bits per heavy atom. The minimum Gasteiger partial charge on any atom is -0.444 e. The smallest absolute Gasteiger partial charge is 0.291 e. The molecular weight excluding hydrogens is 468 g/mol. The van der Waals surface area contributed by atoms with Crippen molar-refractivity contribution in [2.75, 3.05) is 5.32 Å². The Morgan fingerprint density at radius 2 is 1.84 bits per heavy atom. The van der Waals surface area contributed by atoms with Gasteiger partial charge in [0, 0.05) is 22.9 Å². The van der Waals surface area contributed by atoms with Crippen LogP contribution in [-0.4, -0.2) is 22.4 Å². The molecule has 0 fully saturated rings. The predicted molar refractivity (Wildman–Crippen MR) is 118 cm³/mol. The molecule has 2 aromatic carbocycles. The minimum absolute atomic E-state index is 0.0583. The summed E-state index contributed by atoms with van der Waals surface area (Å²) in [6, 6.07) is 14.2. The molecule has 0 bridgehead atoms. The van der Waals surface area contributed by atoms with Gasteiger partial charge in [0.1, 0.15) is 0 Å². The topological polar surface area (TPSA) is 127 Å². The van der Waals surface area contributed by atoms with Crippen LogP contribution in [0.4, 0.5) is 11.4 Å². The van der Waals surface area contributed by atoms with Crippen molar-refractivity contribution in [2.24, 2.45) is 5.10 Å². The highest BCUT2D eigenvalue weighted by Crippen LogP contribution is 2.19. The molecule has 10 heteroatoms. The van der Waals surface area contributed by atoms with E-state index in [1.807, 2.05) is 0 Å². The lowest BCUT2D eigenvalue weighted by Crippen LogP contribution is -2.19. The van der Waals surface area contributed by atoms with Gasteiger partial charge in [-0.25, -0.2) is 5.43 Å². The van der Waals surface area contributed by atoms with Crippen LogP contribution in [0.1, 0.15) is 39.0 Å². The fourth-order valence-corrected chi connectivity index (χ4v) is 3.02. The van der Waals surface area contributed by atoms with Gasteiger partial charge in [-0.15, -0.1) is 0 Å². The quantitative estimate of drug-likeness (QED) is 0.298. The molecule has 3 rings (SSSR count). The van der Waals surface area contributed by atoms with Crippen molar-refractivity contribution in [3.05, 3.63) is 91.8 Å². The second-order valence-corrected chi connectivity index (χ2v) is 7.32. The summed E-state index contributed by atoms with van der Waals surface area (Å²) in [5, 5.41) is 17.7. The number of nitro groups is 1. The van der Waals surface area contributed by atoms with Gasteiger partial charge in [0.25, 0.3) is 17.5 Å². The standard InChI is InChI=1S/C21H17BrN4O5/c1-12-10-15(6-7-17(12)26(29)30)20(27)25-24-13(2)14-4-3-5-16(11-14)23-21(28)18-8-9-19(22)31-18/h3-11H,1-2H3,(H,23,28)(H,25,27)/b24-13-. The fourth-order valence-electron chi connectivity index (χ4n) is 2.72. The number of benzene rings is 2. The molecule has 0 aliphatic rings. The van der Waals surface area contributed by atoms with E-state index in [0.717, 1.165) is 0 Å². The molecule has 0 spiro atoms. The molecule has 3 aromatic rings. The number of carbonyl (C=O) groups is 2. The van der Waals surface area contributed by atoms with E-state index in [1.165, 1.54) is 18.2 Å². The monoisotopic (exact) mass is 484 g/mol. The second-order valence-electron chi connectivity index (χ2n) is 6.54. The van der Waals surface area contributed by atoms with E-state index >= 15 is 0 Å². The Balaban J connectivity index is 1.69. The largest absolute Gasteiger partial charge is 0.444 e. The Morgan fingerprint density at radius 3 is 2.48 bits per heavy atom. The van der Waals surface area contributed by atoms with E-state index in [4.69, 9.17) is 4.42 Å². The van der Waals surface area contributed by atoms with Crippen molar-refractivity contribution < 1.29 is 18.9 Å². The molecule has 1 aromatic heterocycles. The van der Waals surface area contributed by atoms with Crippen molar-refractivity contribution in [1.82, 2.24) is 5.43 Å². The predicted octanol–water partition coefficient (Wildman–Crippen LogP) is 4.67. The number of furan rings is 1. The maximum Gasteiger partial charge on any atom is 0.291 e. The highest BCUT2D eigenvalue weighted by Gasteiger charge is 2.14. The van der Waals surface area contributed by atoms with Crippen molar-refractivity contribution in [2.45, 2.75) is 13.8 Å². The zero-order chi connectivity index (χ0) is 22.5. The van der Waals surface area contributed by atoms with Crippen LogP contribution in [0.2, 0.25) is 0 Å². The number of hydrogen-bond acceptors (Lipinski definition) is 6. The SMILES string of the molecule is C/C(=N/NC(=O)c1ccc([N+](=O)[O-])c(C)c1)c1cccc(NC(=O)c2ccc(Br)o2)c1. The third-order valence-electron chi connectivity index (χ3n) is 4.32. The number of halogens is 1. The number of hydrogen-bond donors (Lipinski definition) is 2. The van der Waals surface area contributed by atoms with E-state index < -0.39 is 16.7 Å². The number of nitrogens with zero attached hydrogens (tertiary/aromatic N) is 2. The van der Waals surface area contributed by atoms with Gasteiger partial charge < -0.3 is 9.73 Å². The summed E-state index contributed by atoms with van der Waals surface area (Å²) in [4.78, 5) is 34.9. The van der Waals surface area contributed by atoms with Crippen LogP contribution in [0.5, 0.6) is 0 Å². The summed E-state index contributed by atoms with van der Waals surface area (Å²) in [5.41, 5.74) is 4.72. The Hall–Kier alpha value is -3.79. The highest BCUT2D eigenvalue weighted by molar-refractivity contribution is 9.10. The molecule has 0 aliphatic carbocycles. The molecule has 2 N–H and O–H groups in total. The highest BCUT2D eigenvalue weighted by atomic mass is 79.9. The van der Waals surface area contributed by atoms with Gasteiger partial charge in [-0.05, 0) is 71.7 Å². The lowest BCUT2D eigenvalue weighted by molar-refractivity contribution is -0.385. The molecule has 9 nitrogen and oxygen atoms in total. The first-order valence-electron chi connectivity index (χ1n) is 9.01. The second kappa shape index (κ2) is 9.35. The maximum atomic E-state index is 12.3. The number of aryl methyl sites for hydroxylation is 1. The Bertz CT molecular complexity index is 1200. The summed E-state index contributed by atoms with van der Waals surface area (Å²) in [6.07, 6.45) is 0. The van der Waals surface area contributed by atoms with Gasteiger partial charge in [-0.3, -0.25) is 19.7 Å². The van der Waals surface area contributed by atoms with Crippen LogP contribution in [0.25, 0.3) is 0 Å². The van der Waals surface area contributed by atoms with Crippen LogP contribution in [0, 0.1) is 17.0 Å². The van der Waals surface area contributed by atoms with E-state index in [0.29, 0.717) is 27.2 Å². The van der Waals surface area contributed by atoms with Gasteiger partial charge in [0.05, 0.1) is 10.6 Å². The van der Waals surface area contributed by atoms with Crippen molar-refractivity contribution in [3.8, 4) is 0 Å². The van der Waals surface area contributed by atoms with E-state index in [2.05, 4.69) is 31.8 Å². The summed E-state index contributed by atoms with van der Waals surface area (Å²) in [7, 11) is 0. The third-order valence-corrected chi connectivity index (χ3v) is 4.74. The molecule has 0 atom stereocenters. The van der Waals surface area contributed by atoms with Crippen LogP contribution in [0.15, 0.2) is 68.8 Å². The van der Waals surface area contributed by atoms with Crippen molar-refractivity contribution in [3.63, 3.8) is 0 Å². The first-order chi connectivity index (χ1) is 14.7. The fraction of sp³-hybridized carbons (Fsp3) is 0.0952. The average Bonchev–Trinajstić information content (AvgIpc) is 3.18. The molecule has 158 valence electrons. The number of rotatable bonds is 6. The molecule has 0 aliphatic heterocycles. The van der Waals surface area contributed by atoms with E-state index in [9.17, 15) is 19.7 Å². The van der Waals surface area contributed by atoms with Crippen LogP contribution in [0.3, 0.4) is 0 Å².